The van der Waals surface area contributed by atoms with Crippen LogP contribution >= 0.6 is 11.3 Å². The van der Waals surface area contributed by atoms with Crippen LogP contribution < -0.4 is 10.1 Å². The summed E-state index contributed by atoms with van der Waals surface area (Å²) in [5, 5.41) is 3.92. The van der Waals surface area contributed by atoms with E-state index >= 15 is 0 Å². The van der Waals surface area contributed by atoms with Gasteiger partial charge < -0.3 is 10.1 Å². The van der Waals surface area contributed by atoms with Crippen molar-refractivity contribution in [3.8, 4) is 16.3 Å². The highest BCUT2D eigenvalue weighted by molar-refractivity contribution is 7.21. The molecule has 4 aromatic rings. The van der Waals surface area contributed by atoms with E-state index in [-0.39, 0.29) is 12.5 Å². The standard InChI is InChI=1S/C24H22N2O2S/c1-15-11-16(2)13-18(12-15)28-14-23(27)25-20-9-6-7-19(17(20)3)24-26-21-8-4-5-10-22(21)29-24/h4-13H,14H2,1-3H3,(H,25,27). The number of aryl methyl sites for hydroxylation is 2. The smallest absolute Gasteiger partial charge is 0.262 e. The second kappa shape index (κ2) is 8.05. The molecule has 0 spiro atoms. The van der Waals surface area contributed by atoms with Crippen molar-refractivity contribution in [1.82, 2.24) is 4.98 Å². The molecule has 0 unspecified atom stereocenters. The van der Waals surface area contributed by atoms with Gasteiger partial charge in [-0.3, -0.25) is 4.79 Å². The number of hydrogen-bond donors (Lipinski definition) is 1. The fraction of sp³-hybridized carbons (Fsp3) is 0.167. The molecule has 146 valence electrons. The average molecular weight is 403 g/mol. The van der Waals surface area contributed by atoms with Crippen molar-refractivity contribution in [2.75, 3.05) is 11.9 Å². The molecule has 0 bridgehead atoms. The molecule has 1 heterocycles. The van der Waals surface area contributed by atoms with Crippen molar-refractivity contribution in [2.24, 2.45) is 0 Å². The third-order valence-corrected chi connectivity index (χ3v) is 5.77. The number of para-hydroxylation sites is 1. The summed E-state index contributed by atoms with van der Waals surface area (Å²) < 4.78 is 6.83. The number of rotatable bonds is 5. The minimum absolute atomic E-state index is 0.0340. The second-order valence-electron chi connectivity index (χ2n) is 7.13. The third-order valence-electron chi connectivity index (χ3n) is 4.70. The number of hydrogen-bond acceptors (Lipinski definition) is 4. The fourth-order valence-electron chi connectivity index (χ4n) is 3.34. The Morgan fingerprint density at radius 2 is 1.76 bits per heavy atom. The zero-order valence-corrected chi connectivity index (χ0v) is 17.5. The second-order valence-corrected chi connectivity index (χ2v) is 8.16. The molecule has 0 saturated heterocycles. The van der Waals surface area contributed by atoms with Crippen LogP contribution in [0.4, 0.5) is 5.69 Å². The maximum atomic E-state index is 12.4. The third kappa shape index (κ3) is 4.30. The van der Waals surface area contributed by atoms with Gasteiger partial charge in [0.25, 0.3) is 5.91 Å². The van der Waals surface area contributed by atoms with Crippen molar-refractivity contribution in [2.45, 2.75) is 20.8 Å². The summed E-state index contributed by atoms with van der Waals surface area (Å²) in [5.74, 6) is 0.520. The Kier molecular flexibility index (Phi) is 5.32. The molecule has 4 rings (SSSR count). The van der Waals surface area contributed by atoms with E-state index in [2.05, 4.69) is 17.4 Å². The molecule has 4 nitrogen and oxygen atoms in total. The van der Waals surface area contributed by atoms with Crippen LogP contribution in [0.15, 0.2) is 60.7 Å². The molecule has 1 aromatic heterocycles. The Hall–Kier alpha value is -3.18. The van der Waals surface area contributed by atoms with E-state index in [0.717, 1.165) is 43.2 Å². The van der Waals surface area contributed by atoms with Crippen LogP contribution in [-0.2, 0) is 4.79 Å². The van der Waals surface area contributed by atoms with Gasteiger partial charge in [-0.1, -0.05) is 30.3 Å². The number of benzene rings is 3. The Labute approximate surface area is 174 Å². The number of carbonyl (C=O) groups excluding carboxylic acids is 1. The predicted octanol–water partition coefficient (Wildman–Crippen LogP) is 5.91. The number of carbonyl (C=O) groups is 1. The number of ether oxygens (including phenoxy) is 1. The van der Waals surface area contributed by atoms with Crippen molar-refractivity contribution in [3.63, 3.8) is 0 Å². The Bertz CT molecular complexity index is 1140. The normalized spacial score (nSPS) is 10.9. The van der Waals surface area contributed by atoms with Crippen LogP contribution in [0.5, 0.6) is 5.75 Å². The van der Waals surface area contributed by atoms with E-state index in [4.69, 9.17) is 9.72 Å². The molecule has 0 aliphatic rings. The highest BCUT2D eigenvalue weighted by atomic mass is 32.1. The van der Waals surface area contributed by atoms with Gasteiger partial charge in [-0.2, -0.15) is 0 Å². The Morgan fingerprint density at radius 3 is 2.52 bits per heavy atom. The molecule has 0 aliphatic heterocycles. The van der Waals surface area contributed by atoms with Gasteiger partial charge in [0.2, 0.25) is 0 Å². The molecule has 0 saturated carbocycles. The lowest BCUT2D eigenvalue weighted by Gasteiger charge is -2.12. The maximum Gasteiger partial charge on any atom is 0.262 e. The quantitative estimate of drug-likeness (QED) is 0.452. The molecule has 0 atom stereocenters. The minimum Gasteiger partial charge on any atom is -0.484 e. The largest absolute Gasteiger partial charge is 0.484 e. The van der Waals surface area contributed by atoms with Crippen LogP contribution in [0.1, 0.15) is 16.7 Å². The van der Waals surface area contributed by atoms with Gasteiger partial charge in [-0.25, -0.2) is 4.98 Å². The lowest BCUT2D eigenvalue weighted by atomic mass is 10.1. The summed E-state index contributed by atoms with van der Waals surface area (Å²) in [6.45, 7) is 5.99. The van der Waals surface area contributed by atoms with Gasteiger partial charge in [0.15, 0.2) is 6.61 Å². The predicted molar refractivity (Wildman–Crippen MR) is 120 cm³/mol. The minimum atomic E-state index is -0.186. The summed E-state index contributed by atoms with van der Waals surface area (Å²) in [4.78, 5) is 17.2. The first-order chi connectivity index (χ1) is 14.0. The van der Waals surface area contributed by atoms with Crippen molar-refractivity contribution >= 4 is 33.1 Å². The van der Waals surface area contributed by atoms with Gasteiger partial charge in [0.1, 0.15) is 10.8 Å². The first-order valence-electron chi connectivity index (χ1n) is 9.46. The van der Waals surface area contributed by atoms with E-state index in [1.165, 1.54) is 0 Å². The molecule has 3 aromatic carbocycles. The molecule has 5 heteroatoms. The number of nitrogens with zero attached hydrogens (tertiary/aromatic N) is 1. The molecule has 0 radical (unpaired) electrons. The lowest BCUT2D eigenvalue weighted by molar-refractivity contribution is -0.118. The highest BCUT2D eigenvalue weighted by Gasteiger charge is 2.13. The van der Waals surface area contributed by atoms with Crippen LogP contribution in [0.2, 0.25) is 0 Å². The van der Waals surface area contributed by atoms with E-state index in [1.807, 2.05) is 69.3 Å². The average Bonchev–Trinajstić information content (AvgIpc) is 3.11. The van der Waals surface area contributed by atoms with Crippen LogP contribution in [-0.4, -0.2) is 17.5 Å². The molecule has 0 aliphatic carbocycles. The van der Waals surface area contributed by atoms with Crippen LogP contribution in [0, 0.1) is 20.8 Å². The molecule has 1 N–H and O–H groups in total. The highest BCUT2D eigenvalue weighted by Crippen LogP contribution is 2.34. The monoisotopic (exact) mass is 402 g/mol. The number of amides is 1. The maximum absolute atomic E-state index is 12.4. The van der Waals surface area contributed by atoms with E-state index in [9.17, 15) is 4.79 Å². The first-order valence-corrected chi connectivity index (χ1v) is 10.3. The van der Waals surface area contributed by atoms with Crippen molar-refractivity contribution < 1.29 is 9.53 Å². The summed E-state index contributed by atoms with van der Waals surface area (Å²) in [7, 11) is 0. The summed E-state index contributed by atoms with van der Waals surface area (Å²) >= 11 is 1.65. The zero-order valence-electron chi connectivity index (χ0n) is 16.7. The molecule has 1 amide bonds. The van der Waals surface area contributed by atoms with E-state index in [1.54, 1.807) is 11.3 Å². The molecular formula is C24H22N2O2S. The number of thiazole rings is 1. The molecular weight excluding hydrogens is 380 g/mol. The van der Waals surface area contributed by atoms with Gasteiger partial charge in [0, 0.05) is 11.3 Å². The Balaban J connectivity index is 1.50. The summed E-state index contributed by atoms with van der Waals surface area (Å²) in [5.41, 5.74) is 6.00. The summed E-state index contributed by atoms with van der Waals surface area (Å²) in [6, 6.07) is 19.9. The first kappa shape index (κ1) is 19.2. The van der Waals surface area contributed by atoms with Crippen LogP contribution in [0.3, 0.4) is 0 Å². The number of anilines is 1. The van der Waals surface area contributed by atoms with Gasteiger partial charge in [0.05, 0.1) is 10.2 Å². The lowest BCUT2D eigenvalue weighted by Crippen LogP contribution is -2.20. The van der Waals surface area contributed by atoms with E-state index < -0.39 is 0 Å². The number of aromatic nitrogens is 1. The molecule has 0 fully saturated rings. The van der Waals surface area contributed by atoms with Crippen LogP contribution in [0.25, 0.3) is 20.8 Å². The van der Waals surface area contributed by atoms with Crippen molar-refractivity contribution in [1.29, 1.82) is 0 Å². The van der Waals surface area contributed by atoms with Crippen molar-refractivity contribution in [3.05, 3.63) is 77.4 Å². The summed E-state index contributed by atoms with van der Waals surface area (Å²) in [6.07, 6.45) is 0. The number of fused-ring (bicyclic) bond motifs is 1. The van der Waals surface area contributed by atoms with Gasteiger partial charge in [-0.05, 0) is 67.8 Å². The number of nitrogens with one attached hydrogen (secondary N) is 1. The fourth-order valence-corrected chi connectivity index (χ4v) is 4.39. The Morgan fingerprint density at radius 1 is 1.00 bits per heavy atom. The topological polar surface area (TPSA) is 51.2 Å². The van der Waals surface area contributed by atoms with Gasteiger partial charge >= 0.3 is 0 Å². The zero-order chi connectivity index (χ0) is 20.4. The molecule has 29 heavy (non-hydrogen) atoms. The van der Waals surface area contributed by atoms with E-state index in [0.29, 0.717) is 5.75 Å². The SMILES string of the molecule is Cc1cc(C)cc(OCC(=O)Nc2cccc(-c3nc4ccccc4s3)c2C)c1. The van der Waals surface area contributed by atoms with Gasteiger partial charge in [-0.15, -0.1) is 11.3 Å².